The summed E-state index contributed by atoms with van der Waals surface area (Å²) in [6, 6.07) is 11.8. The van der Waals surface area contributed by atoms with Crippen LogP contribution in [0.4, 0.5) is 5.69 Å². The summed E-state index contributed by atoms with van der Waals surface area (Å²) >= 11 is 5.07. The van der Waals surface area contributed by atoms with Gasteiger partial charge in [0.1, 0.15) is 13.2 Å². The summed E-state index contributed by atoms with van der Waals surface area (Å²) in [6.07, 6.45) is 0. The highest BCUT2D eigenvalue weighted by atomic mass is 79.9. The van der Waals surface area contributed by atoms with E-state index in [1.54, 1.807) is 11.8 Å². The molecule has 2 N–H and O–H groups in total. The first-order chi connectivity index (χ1) is 9.22. The van der Waals surface area contributed by atoms with E-state index in [0.717, 1.165) is 31.5 Å². The Kier molecular flexibility index (Phi) is 3.57. The number of rotatable bonds is 2. The first-order valence-electron chi connectivity index (χ1n) is 5.85. The maximum atomic E-state index is 5.98. The number of ether oxygens (including phenoxy) is 2. The molecular weight excluding hydrogens is 326 g/mol. The lowest BCUT2D eigenvalue weighted by Crippen LogP contribution is -2.15. The Labute approximate surface area is 124 Å². The standard InChI is InChI=1S/C14H12BrNO2S/c15-9-1-3-11(16)14(7-9)19-10-2-4-12-13(8-10)18-6-5-17-12/h1-4,7-8H,5-6,16H2. The van der Waals surface area contributed by atoms with E-state index in [9.17, 15) is 0 Å². The molecular formula is C14H12BrNO2S. The Hall–Kier alpha value is -1.33. The normalized spacial score (nSPS) is 13.3. The van der Waals surface area contributed by atoms with Crippen LogP contribution in [-0.2, 0) is 0 Å². The van der Waals surface area contributed by atoms with Crippen LogP contribution >= 0.6 is 27.7 Å². The third kappa shape index (κ3) is 2.82. The smallest absolute Gasteiger partial charge is 0.162 e. The van der Waals surface area contributed by atoms with Crippen molar-refractivity contribution >= 4 is 33.4 Å². The van der Waals surface area contributed by atoms with Crippen LogP contribution in [0.25, 0.3) is 0 Å². The van der Waals surface area contributed by atoms with Gasteiger partial charge in [-0.1, -0.05) is 27.7 Å². The van der Waals surface area contributed by atoms with E-state index in [-0.39, 0.29) is 0 Å². The Balaban J connectivity index is 1.89. The molecule has 3 nitrogen and oxygen atoms in total. The van der Waals surface area contributed by atoms with Gasteiger partial charge in [-0.3, -0.25) is 0 Å². The Morgan fingerprint density at radius 2 is 1.79 bits per heavy atom. The van der Waals surface area contributed by atoms with Crippen molar-refractivity contribution in [1.82, 2.24) is 0 Å². The van der Waals surface area contributed by atoms with E-state index >= 15 is 0 Å². The molecule has 0 bridgehead atoms. The molecule has 0 radical (unpaired) electrons. The van der Waals surface area contributed by atoms with Crippen molar-refractivity contribution in [2.45, 2.75) is 9.79 Å². The minimum Gasteiger partial charge on any atom is -0.486 e. The number of fused-ring (bicyclic) bond motifs is 1. The third-order valence-electron chi connectivity index (χ3n) is 2.72. The van der Waals surface area contributed by atoms with Crippen LogP contribution in [0.1, 0.15) is 0 Å². The quantitative estimate of drug-likeness (QED) is 0.842. The minimum atomic E-state index is 0.597. The first kappa shape index (κ1) is 12.7. The highest BCUT2D eigenvalue weighted by molar-refractivity contribution is 9.10. The third-order valence-corrected chi connectivity index (χ3v) is 4.27. The van der Waals surface area contributed by atoms with Gasteiger partial charge in [0, 0.05) is 20.0 Å². The molecule has 0 saturated heterocycles. The van der Waals surface area contributed by atoms with Crippen LogP contribution in [0.2, 0.25) is 0 Å². The van der Waals surface area contributed by atoms with Crippen LogP contribution < -0.4 is 15.2 Å². The van der Waals surface area contributed by atoms with Gasteiger partial charge in [0.25, 0.3) is 0 Å². The molecule has 1 heterocycles. The van der Waals surface area contributed by atoms with Gasteiger partial charge in [-0.05, 0) is 36.4 Å². The maximum absolute atomic E-state index is 5.98. The summed E-state index contributed by atoms with van der Waals surface area (Å²) in [6.45, 7) is 1.21. The van der Waals surface area contributed by atoms with Crippen LogP contribution in [0.5, 0.6) is 11.5 Å². The molecule has 0 atom stereocenters. The molecule has 19 heavy (non-hydrogen) atoms. The second-order valence-electron chi connectivity index (χ2n) is 4.09. The predicted molar refractivity (Wildman–Crippen MR) is 80.1 cm³/mol. The molecule has 0 unspecified atom stereocenters. The molecule has 0 saturated carbocycles. The lowest BCUT2D eigenvalue weighted by molar-refractivity contribution is 0.171. The molecule has 0 aromatic heterocycles. The Morgan fingerprint density at radius 3 is 2.63 bits per heavy atom. The van der Waals surface area contributed by atoms with Gasteiger partial charge < -0.3 is 15.2 Å². The number of anilines is 1. The molecule has 0 amide bonds. The molecule has 0 aliphatic carbocycles. The van der Waals surface area contributed by atoms with E-state index in [1.807, 2.05) is 36.4 Å². The number of hydrogen-bond donors (Lipinski definition) is 1. The lowest BCUT2D eigenvalue weighted by Gasteiger charge is -2.18. The average molecular weight is 338 g/mol. The maximum Gasteiger partial charge on any atom is 0.162 e. The number of hydrogen-bond acceptors (Lipinski definition) is 4. The molecule has 98 valence electrons. The predicted octanol–water partition coefficient (Wildman–Crippen LogP) is 3.95. The van der Waals surface area contributed by atoms with E-state index < -0.39 is 0 Å². The van der Waals surface area contributed by atoms with Crippen molar-refractivity contribution in [2.75, 3.05) is 18.9 Å². The fourth-order valence-electron chi connectivity index (χ4n) is 1.81. The topological polar surface area (TPSA) is 44.5 Å². The van der Waals surface area contributed by atoms with Gasteiger partial charge in [0.05, 0.1) is 0 Å². The van der Waals surface area contributed by atoms with Crippen molar-refractivity contribution in [2.24, 2.45) is 0 Å². The van der Waals surface area contributed by atoms with Crippen LogP contribution in [0.3, 0.4) is 0 Å². The van der Waals surface area contributed by atoms with E-state index in [4.69, 9.17) is 15.2 Å². The SMILES string of the molecule is Nc1ccc(Br)cc1Sc1ccc2c(c1)OCCO2. The summed E-state index contributed by atoms with van der Waals surface area (Å²) in [7, 11) is 0. The Morgan fingerprint density at radius 1 is 1.00 bits per heavy atom. The number of nitrogen functional groups attached to an aromatic ring is 1. The van der Waals surface area contributed by atoms with Crippen LogP contribution in [0, 0.1) is 0 Å². The van der Waals surface area contributed by atoms with Crippen LogP contribution in [0.15, 0.2) is 50.7 Å². The van der Waals surface area contributed by atoms with Gasteiger partial charge >= 0.3 is 0 Å². The fourth-order valence-corrected chi connectivity index (χ4v) is 3.25. The van der Waals surface area contributed by atoms with Gasteiger partial charge in [-0.25, -0.2) is 0 Å². The van der Waals surface area contributed by atoms with Gasteiger partial charge in [0.2, 0.25) is 0 Å². The number of halogens is 1. The largest absolute Gasteiger partial charge is 0.486 e. The van der Waals surface area contributed by atoms with E-state index in [2.05, 4.69) is 15.9 Å². The summed E-state index contributed by atoms with van der Waals surface area (Å²) < 4.78 is 12.1. The highest BCUT2D eigenvalue weighted by Crippen LogP contribution is 2.39. The highest BCUT2D eigenvalue weighted by Gasteiger charge is 2.12. The van der Waals surface area contributed by atoms with Crippen molar-refractivity contribution in [1.29, 1.82) is 0 Å². The summed E-state index contributed by atoms with van der Waals surface area (Å²) in [4.78, 5) is 2.10. The molecule has 1 aliphatic rings. The Bertz CT molecular complexity index is 618. The zero-order valence-corrected chi connectivity index (χ0v) is 12.5. The summed E-state index contributed by atoms with van der Waals surface area (Å²) in [5, 5.41) is 0. The van der Waals surface area contributed by atoms with Crippen molar-refractivity contribution in [3.8, 4) is 11.5 Å². The molecule has 2 aromatic rings. The minimum absolute atomic E-state index is 0.597. The zero-order valence-electron chi connectivity index (χ0n) is 10.1. The molecule has 1 aliphatic heterocycles. The van der Waals surface area contributed by atoms with E-state index in [0.29, 0.717) is 13.2 Å². The summed E-state index contributed by atoms with van der Waals surface area (Å²) in [5.74, 6) is 1.60. The van der Waals surface area contributed by atoms with E-state index in [1.165, 1.54) is 0 Å². The number of benzene rings is 2. The monoisotopic (exact) mass is 337 g/mol. The fraction of sp³-hybridized carbons (Fsp3) is 0.143. The molecule has 2 aromatic carbocycles. The van der Waals surface area contributed by atoms with Gasteiger partial charge in [-0.15, -0.1) is 0 Å². The van der Waals surface area contributed by atoms with Crippen molar-refractivity contribution in [3.05, 3.63) is 40.9 Å². The second kappa shape index (κ2) is 5.35. The average Bonchev–Trinajstić information content (AvgIpc) is 2.43. The molecule has 0 fully saturated rings. The molecule has 5 heteroatoms. The molecule has 3 rings (SSSR count). The zero-order chi connectivity index (χ0) is 13.2. The number of nitrogens with two attached hydrogens (primary N) is 1. The van der Waals surface area contributed by atoms with Crippen LogP contribution in [-0.4, -0.2) is 13.2 Å². The first-order valence-corrected chi connectivity index (χ1v) is 7.46. The van der Waals surface area contributed by atoms with Crippen molar-refractivity contribution in [3.63, 3.8) is 0 Å². The van der Waals surface area contributed by atoms with Gasteiger partial charge in [-0.2, -0.15) is 0 Å². The second-order valence-corrected chi connectivity index (χ2v) is 6.12. The summed E-state index contributed by atoms with van der Waals surface area (Å²) in [5.41, 5.74) is 6.74. The molecule has 0 spiro atoms. The van der Waals surface area contributed by atoms with Gasteiger partial charge in [0.15, 0.2) is 11.5 Å². The lowest BCUT2D eigenvalue weighted by atomic mass is 10.3. The van der Waals surface area contributed by atoms with Crippen molar-refractivity contribution < 1.29 is 9.47 Å².